The molecule has 0 radical (unpaired) electrons. The molecule has 7 heterocycles. The molecule has 3 fully saturated rings. The van der Waals surface area contributed by atoms with Crippen molar-refractivity contribution in [3.63, 3.8) is 0 Å². The number of hydrogen-bond donors (Lipinski definition) is 4. The molecule has 22 heteroatoms. The van der Waals surface area contributed by atoms with Crippen LogP contribution < -0.4 is 11.3 Å². The number of hydrogen-bond acceptors (Lipinski definition) is 14. The summed E-state index contributed by atoms with van der Waals surface area (Å²) in [7, 11) is 0. The second kappa shape index (κ2) is 10.9. The Morgan fingerprint density at radius 1 is 1.09 bits per heavy atom. The summed E-state index contributed by atoms with van der Waals surface area (Å²) in [6, 6.07) is -0.274. The molecule has 2 aliphatic heterocycles. The van der Waals surface area contributed by atoms with Crippen LogP contribution in [0.25, 0.3) is 28.1 Å². The van der Waals surface area contributed by atoms with Gasteiger partial charge in [-0.3, -0.25) is 18.4 Å². The quantitative estimate of drug-likeness (QED) is 0.153. The summed E-state index contributed by atoms with van der Waals surface area (Å²) >= 11 is 9.62. The number of aromatic amines is 1. The van der Waals surface area contributed by atoms with Gasteiger partial charge in [0.05, 0.1) is 25.9 Å². The number of aromatic nitrogens is 9. The minimum Gasteiger partial charge on any atom is -0.429 e. The van der Waals surface area contributed by atoms with E-state index in [0.717, 1.165) is 0 Å². The van der Waals surface area contributed by atoms with Gasteiger partial charge in [-0.25, -0.2) is 33.9 Å². The Balaban J connectivity index is 1.06. The van der Waals surface area contributed by atoms with E-state index >= 15 is 0 Å². The number of nitrogens with zero attached hydrogens (tertiary/aromatic N) is 8. The predicted molar refractivity (Wildman–Crippen MR) is 168 cm³/mol. The highest BCUT2D eigenvalue weighted by atomic mass is 32.7. The number of thiol groups is 1. The van der Waals surface area contributed by atoms with Crippen molar-refractivity contribution in [3.8, 4) is 0 Å². The number of imidazole rings is 3. The Kier molecular flexibility index (Phi) is 7.17. The zero-order chi connectivity index (χ0) is 32.0. The van der Waals surface area contributed by atoms with Gasteiger partial charge >= 0.3 is 13.5 Å². The molecule has 2 unspecified atom stereocenters. The molecule has 242 valence electrons. The standard InChI is InChI=1S/C24H26N10O8P2S2/c1-11-17-12(4-13(17)33-9-29-18-20(25)27-8-28-21(18)33)6-38-44(37,46)42-14-5-16(40-15(14)7-39-43(36,45)41-11)34-10-30-19-22(34)31-24-26-2-3-32(24)23(19)35/h2-3,8-10,12-17H,1,4-7H2,(H,26,31)(H,36,45)(H,37,46)(H2,25,27,28)/t12-,13-,14+,15-,16-,17-,43?,44?/m1/s1. The second-order valence-corrected chi connectivity index (χ2v) is 16.8. The van der Waals surface area contributed by atoms with Crippen LogP contribution in [0.5, 0.6) is 0 Å². The Morgan fingerprint density at radius 3 is 2.74 bits per heavy atom. The maximum Gasteiger partial charge on any atom is 0.386 e. The highest BCUT2D eigenvalue weighted by Crippen LogP contribution is 2.60. The summed E-state index contributed by atoms with van der Waals surface area (Å²) in [6.45, 7) is -4.12. The maximum atomic E-state index is 13.6. The summed E-state index contributed by atoms with van der Waals surface area (Å²) < 4.78 is 47.8. The van der Waals surface area contributed by atoms with Gasteiger partial charge < -0.3 is 34.0 Å². The molecule has 18 nitrogen and oxygen atoms in total. The third-order valence-electron chi connectivity index (χ3n) is 8.51. The van der Waals surface area contributed by atoms with Crippen LogP contribution in [0.1, 0.15) is 25.1 Å². The van der Waals surface area contributed by atoms with Gasteiger partial charge in [0.2, 0.25) is 5.78 Å². The number of nitrogen functional groups attached to an aromatic ring is 1. The molecule has 0 spiro atoms. The van der Waals surface area contributed by atoms with Crippen molar-refractivity contribution in [1.29, 1.82) is 0 Å². The average Bonchev–Trinajstić information content (AvgIpc) is 3.77. The average molecular weight is 709 g/mol. The van der Waals surface area contributed by atoms with E-state index in [1.165, 1.54) is 29.4 Å². The zero-order valence-corrected chi connectivity index (χ0v) is 27.1. The third kappa shape index (κ3) is 5.08. The topological polar surface area (TPSA) is 221 Å². The smallest absolute Gasteiger partial charge is 0.386 e. The van der Waals surface area contributed by atoms with E-state index in [9.17, 15) is 14.3 Å². The van der Waals surface area contributed by atoms with Gasteiger partial charge in [-0.05, 0) is 12.3 Å². The first kappa shape index (κ1) is 30.2. The fourth-order valence-electron chi connectivity index (χ4n) is 6.34. The maximum absolute atomic E-state index is 13.6. The number of anilines is 1. The van der Waals surface area contributed by atoms with Crippen molar-refractivity contribution in [1.82, 2.24) is 43.4 Å². The van der Waals surface area contributed by atoms with Gasteiger partial charge in [0.15, 0.2) is 17.0 Å². The molecule has 46 heavy (non-hydrogen) atoms. The molecule has 0 amide bonds. The van der Waals surface area contributed by atoms with Crippen LogP contribution in [0.15, 0.2) is 48.5 Å². The molecule has 1 saturated carbocycles. The van der Waals surface area contributed by atoms with Gasteiger partial charge in [0, 0.05) is 42.6 Å². The largest absolute Gasteiger partial charge is 0.429 e. The minimum absolute atomic E-state index is 0.0292. The Labute approximate surface area is 268 Å². The molecule has 3 aliphatic rings. The summed E-state index contributed by atoms with van der Waals surface area (Å²) in [5.41, 5.74) is 7.10. The molecule has 8 rings (SSSR count). The van der Waals surface area contributed by atoms with Crippen molar-refractivity contribution >= 4 is 71.5 Å². The van der Waals surface area contributed by atoms with Crippen LogP contribution in [0.4, 0.5) is 5.82 Å². The number of H-pyrrole nitrogens is 1. The van der Waals surface area contributed by atoms with Crippen molar-refractivity contribution in [2.45, 2.75) is 37.3 Å². The van der Waals surface area contributed by atoms with Crippen LogP contribution in [-0.2, 0) is 39.2 Å². The lowest BCUT2D eigenvalue weighted by molar-refractivity contribution is -0.0373. The van der Waals surface area contributed by atoms with Crippen molar-refractivity contribution in [2.75, 3.05) is 18.9 Å². The number of allylic oxidation sites excluding steroid dienone is 1. The number of fused-ring (bicyclic) bond motifs is 5. The molecule has 0 aromatic carbocycles. The predicted octanol–water partition coefficient (Wildman–Crippen LogP) is 2.48. The molecule has 2 saturated heterocycles. The van der Waals surface area contributed by atoms with Crippen LogP contribution in [0.3, 0.4) is 0 Å². The molecule has 8 atom stereocenters. The second-order valence-electron chi connectivity index (χ2n) is 11.2. The third-order valence-corrected chi connectivity index (χ3v) is 11.6. The lowest BCUT2D eigenvalue weighted by Crippen LogP contribution is -2.42. The van der Waals surface area contributed by atoms with E-state index in [0.29, 0.717) is 29.0 Å². The monoisotopic (exact) mass is 708 g/mol. The summed E-state index contributed by atoms with van der Waals surface area (Å²) in [5.74, 6) is -0.0129. The first-order chi connectivity index (χ1) is 22.0. The minimum atomic E-state index is -3.96. The molecule has 5 aromatic rings. The van der Waals surface area contributed by atoms with E-state index < -0.39 is 37.9 Å². The summed E-state index contributed by atoms with van der Waals surface area (Å²) in [4.78, 5) is 48.1. The van der Waals surface area contributed by atoms with Crippen molar-refractivity contribution < 1.29 is 32.3 Å². The van der Waals surface area contributed by atoms with E-state index in [-0.39, 0.29) is 54.2 Å². The number of ether oxygens (including phenoxy) is 1. The zero-order valence-electron chi connectivity index (χ0n) is 23.6. The van der Waals surface area contributed by atoms with Crippen LogP contribution in [0.2, 0.25) is 0 Å². The van der Waals surface area contributed by atoms with Crippen molar-refractivity contribution in [3.05, 3.63) is 54.1 Å². The Hall–Kier alpha value is -3.19. The van der Waals surface area contributed by atoms with E-state index in [4.69, 9.17) is 40.4 Å². The van der Waals surface area contributed by atoms with Gasteiger partial charge in [-0.2, -0.15) is 0 Å². The lowest BCUT2D eigenvalue weighted by atomic mass is 9.68. The molecule has 4 N–H and O–H groups in total. The Bertz CT molecular complexity index is 2190. The van der Waals surface area contributed by atoms with Gasteiger partial charge in [-0.15, -0.1) is 0 Å². The van der Waals surface area contributed by atoms with E-state index in [1.54, 1.807) is 10.9 Å². The van der Waals surface area contributed by atoms with Crippen LogP contribution in [-0.4, -0.2) is 73.8 Å². The molecule has 5 aromatic heterocycles. The van der Waals surface area contributed by atoms with Crippen molar-refractivity contribution in [2.24, 2.45) is 11.8 Å². The van der Waals surface area contributed by atoms with Crippen LogP contribution in [0, 0.1) is 11.8 Å². The first-order valence-corrected chi connectivity index (χ1v) is 19.3. The summed E-state index contributed by atoms with van der Waals surface area (Å²) in [5, 5.41) is 0. The number of nitrogens with one attached hydrogen (secondary N) is 1. The van der Waals surface area contributed by atoms with Gasteiger partial charge in [0.1, 0.15) is 41.7 Å². The summed E-state index contributed by atoms with van der Waals surface area (Å²) in [6.07, 6.45) is 5.56. The molecule has 1 aliphatic carbocycles. The lowest BCUT2D eigenvalue weighted by Gasteiger charge is -2.45. The normalized spacial score (nSPS) is 33.9. The van der Waals surface area contributed by atoms with Gasteiger partial charge in [0.25, 0.3) is 5.56 Å². The highest BCUT2D eigenvalue weighted by molar-refractivity contribution is 8.44. The fraction of sp³-hybridized carbons (Fsp3) is 0.417. The molecular formula is C24H26N10O8P2S2. The van der Waals surface area contributed by atoms with Crippen LogP contribution >= 0.6 is 25.8 Å². The SMILES string of the molecule is C=C1OP(O)(=S)OC[C@H]2O[C@@H](n3cnc4c(=O)n5ccnc5[nH]c43)C[C@@H]2OP(=O)(S)OC[C@H]2C[C@@H](n3cnc4c(N)ncnc43)[C@H]12. The first-order valence-electron chi connectivity index (χ1n) is 14.0. The highest BCUT2D eigenvalue weighted by Gasteiger charge is 2.49. The molecular weight excluding hydrogens is 682 g/mol. The Morgan fingerprint density at radius 2 is 1.89 bits per heavy atom. The van der Waals surface area contributed by atoms with Gasteiger partial charge in [-0.1, -0.05) is 18.8 Å². The van der Waals surface area contributed by atoms with E-state index in [1.807, 2.05) is 4.57 Å². The fourth-order valence-corrected chi connectivity index (χ4v) is 9.18. The number of nitrogens with two attached hydrogens (primary N) is 1. The molecule has 0 bridgehead atoms. The van der Waals surface area contributed by atoms with E-state index in [2.05, 4.69) is 48.7 Å². The number of rotatable bonds is 2.